The molecule has 1 heterocycles. The smallest absolute Gasteiger partial charge is 0.335 e. The first kappa shape index (κ1) is 17.8. The van der Waals surface area contributed by atoms with Crippen LogP contribution in [0.25, 0.3) is 5.69 Å². The van der Waals surface area contributed by atoms with Crippen LogP contribution in [-0.4, -0.2) is 25.8 Å². The molecule has 0 aliphatic rings. The van der Waals surface area contributed by atoms with Crippen LogP contribution < -0.4 is 11.2 Å². The van der Waals surface area contributed by atoms with Crippen molar-refractivity contribution in [3.05, 3.63) is 90.6 Å². The molecular formula is C18H14N4O5. The predicted molar refractivity (Wildman–Crippen MR) is 99.4 cm³/mol. The van der Waals surface area contributed by atoms with Crippen LogP contribution in [0.2, 0.25) is 0 Å². The number of nitro groups is 1. The summed E-state index contributed by atoms with van der Waals surface area (Å²) in [7, 11) is 0. The zero-order valence-corrected chi connectivity index (χ0v) is 14.1. The zero-order valence-electron chi connectivity index (χ0n) is 14.1. The Kier molecular flexibility index (Phi) is 4.67. The lowest BCUT2D eigenvalue weighted by Gasteiger charge is -2.10. The maximum Gasteiger partial charge on any atom is 0.335 e. The van der Waals surface area contributed by atoms with Gasteiger partial charge in [0.25, 0.3) is 11.2 Å². The number of aliphatic imine (C=N–C) groups is 1. The minimum absolute atomic E-state index is 0.00889. The summed E-state index contributed by atoms with van der Waals surface area (Å²) in [6.45, 7) is 1.81. The molecule has 0 fully saturated rings. The quantitative estimate of drug-likeness (QED) is 0.415. The van der Waals surface area contributed by atoms with E-state index in [1.165, 1.54) is 18.2 Å². The molecule has 0 aliphatic carbocycles. The molecule has 0 radical (unpaired) electrons. The molecule has 3 aromatic rings. The van der Waals surface area contributed by atoms with Crippen LogP contribution in [0.5, 0.6) is 5.88 Å². The standard InChI is InChI=1S/C18H14N4O5/c1-11-5-4-6-12(9-11)21-17(24)13(16(23)20-18(21)25)10-19-14-7-2-3-8-15(14)22(26)27/h2-10,24H,1H3,(H,20,23,25). The van der Waals surface area contributed by atoms with Crippen LogP contribution >= 0.6 is 0 Å². The Morgan fingerprint density at radius 3 is 2.63 bits per heavy atom. The SMILES string of the molecule is Cc1cccc(-n2c(O)c(C=Nc3ccccc3[N+](=O)[O-])c(=O)[nH]c2=O)c1. The van der Waals surface area contributed by atoms with Crippen LogP contribution in [-0.2, 0) is 0 Å². The van der Waals surface area contributed by atoms with E-state index in [4.69, 9.17) is 0 Å². The van der Waals surface area contributed by atoms with E-state index in [-0.39, 0.29) is 16.9 Å². The summed E-state index contributed by atoms with van der Waals surface area (Å²) in [5, 5.41) is 21.5. The predicted octanol–water partition coefficient (Wildman–Crippen LogP) is 2.20. The van der Waals surface area contributed by atoms with Crippen molar-refractivity contribution in [2.45, 2.75) is 6.92 Å². The van der Waals surface area contributed by atoms with Gasteiger partial charge in [0, 0.05) is 12.3 Å². The molecule has 0 amide bonds. The van der Waals surface area contributed by atoms with Gasteiger partial charge >= 0.3 is 5.69 Å². The van der Waals surface area contributed by atoms with Crippen molar-refractivity contribution in [3.63, 3.8) is 0 Å². The highest BCUT2D eigenvalue weighted by atomic mass is 16.6. The number of aromatic nitrogens is 2. The van der Waals surface area contributed by atoms with E-state index >= 15 is 0 Å². The third-order valence-electron chi connectivity index (χ3n) is 3.79. The first-order valence-electron chi connectivity index (χ1n) is 7.81. The minimum Gasteiger partial charge on any atom is -0.493 e. The summed E-state index contributed by atoms with van der Waals surface area (Å²) in [5.41, 5.74) is -1.01. The second kappa shape index (κ2) is 7.08. The largest absolute Gasteiger partial charge is 0.493 e. The van der Waals surface area contributed by atoms with Crippen LogP contribution in [0.15, 0.2) is 63.1 Å². The summed E-state index contributed by atoms with van der Waals surface area (Å²) < 4.78 is 0.926. The molecule has 0 bridgehead atoms. The number of aryl methyl sites for hydroxylation is 1. The Morgan fingerprint density at radius 1 is 1.19 bits per heavy atom. The van der Waals surface area contributed by atoms with Gasteiger partial charge in [-0.3, -0.25) is 19.9 Å². The molecule has 2 N–H and O–H groups in total. The van der Waals surface area contributed by atoms with Gasteiger partial charge in [0.2, 0.25) is 5.88 Å². The zero-order chi connectivity index (χ0) is 19.6. The molecule has 2 aromatic carbocycles. The van der Waals surface area contributed by atoms with Gasteiger partial charge in [-0.1, -0.05) is 24.3 Å². The average Bonchev–Trinajstić information content (AvgIpc) is 2.61. The third kappa shape index (κ3) is 3.52. The van der Waals surface area contributed by atoms with Gasteiger partial charge in [-0.05, 0) is 30.7 Å². The minimum atomic E-state index is -0.858. The first-order chi connectivity index (χ1) is 12.9. The van der Waals surface area contributed by atoms with Crippen molar-refractivity contribution in [2.24, 2.45) is 4.99 Å². The van der Waals surface area contributed by atoms with E-state index in [1.807, 2.05) is 13.0 Å². The Hall–Kier alpha value is -4.01. The molecule has 27 heavy (non-hydrogen) atoms. The summed E-state index contributed by atoms with van der Waals surface area (Å²) in [6.07, 6.45) is 0.988. The van der Waals surface area contributed by atoms with Crippen molar-refractivity contribution in [1.29, 1.82) is 0 Å². The second-order valence-corrected chi connectivity index (χ2v) is 5.67. The van der Waals surface area contributed by atoms with Crippen LogP contribution in [0.4, 0.5) is 11.4 Å². The van der Waals surface area contributed by atoms with Crippen molar-refractivity contribution >= 4 is 17.6 Å². The number of benzene rings is 2. The number of rotatable bonds is 4. The van der Waals surface area contributed by atoms with Crippen molar-refractivity contribution in [1.82, 2.24) is 9.55 Å². The molecule has 0 saturated carbocycles. The number of para-hydroxylation sites is 2. The summed E-state index contributed by atoms with van der Waals surface area (Å²) in [5.74, 6) is -0.614. The van der Waals surface area contributed by atoms with Crippen LogP contribution in [0.1, 0.15) is 11.1 Å². The Balaban J connectivity index is 2.15. The summed E-state index contributed by atoms with van der Waals surface area (Å²) in [4.78, 5) is 40.7. The van der Waals surface area contributed by atoms with Gasteiger partial charge in [-0.15, -0.1) is 0 Å². The van der Waals surface area contributed by atoms with Crippen molar-refractivity contribution in [2.75, 3.05) is 0 Å². The molecule has 9 nitrogen and oxygen atoms in total. The molecule has 9 heteroatoms. The van der Waals surface area contributed by atoms with Crippen molar-refractivity contribution < 1.29 is 10.0 Å². The molecule has 0 aliphatic heterocycles. The lowest BCUT2D eigenvalue weighted by molar-refractivity contribution is -0.384. The number of nitrogens with zero attached hydrogens (tertiary/aromatic N) is 3. The molecule has 3 rings (SSSR count). The Bertz CT molecular complexity index is 1180. The fourth-order valence-electron chi connectivity index (χ4n) is 2.52. The number of nitrogens with one attached hydrogen (secondary N) is 1. The van der Waals surface area contributed by atoms with E-state index in [1.54, 1.807) is 24.3 Å². The molecule has 136 valence electrons. The molecule has 0 unspecified atom stereocenters. The van der Waals surface area contributed by atoms with Gasteiger partial charge in [0.1, 0.15) is 11.3 Å². The number of aromatic amines is 1. The average molecular weight is 366 g/mol. The fraction of sp³-hybridized carbons (Fsp3) is 0.0556. The number of aromatic hydroxyl groups is 1. The summed E-state index contributed by atoms with van der Waals surface area (Å²) in [6, 6.07) is 12.5. The number of H-pyrrole nitrogens is 1. The molecule has 0 saturated heterocycles. The normalized spacial score (nSPS) is 11.0. The highest BCUT2D eigenvalue weighted by Gasteiger charge is 2.16. The fourth-order valence-corrected chi connectivity index (χ4v) is 2.52. The highest BCUT2D eigenvalue weighted by molar-refractivity contribution is 5.85. The molecule has 0 spiro atoms. The van der Waals surface area contributed by atoms with Gasteiger partial charge < -0.3 is 5.11 Å². The van der Waals surface area contributed by atoms with Gasteiger partial charge in [0.15, 0.2) is 0 Å². The van der Waals surface area contributed by atoms with Crippen LogP contribution in [0, 0.1) is 17.0 Å². The van der Waals surface area contributed by atoms with Gasteiger partial charge in [0.05, 0.1) is 10.6 Å². The third-order valence-corrected chi connectivity index (χ3v) is 3.79. The first-order valence-corrected chi connectivity index (χ1v) is 7.81. The van der Waals surface area contributed by atoms with E-state index in [9.17, 15) is 24.8 Å². The topological polar surface area (TPSA) is 131 Å². The lowest BCUT2D eigenvalue weighted by atomic mass is 10.2. The van der Waals surface area contributed by atoms with Crippen molar-refractivity contribution in [3.8, 4) is 11.6 Å². The molecular weight excluding hydrogens is 352 g/mol. The second-order valence-electron chi connectivity index (χ2n) is 5.67. The number of hydrogen-bond acceptors (Lipinski definition) is 6. The van der Waals surface area contributed by atoms with Gasteiger partial charge in [-0.2, -0.15) is 0 Å². The number of hydrogen-bond donors (Lipinski definition) is 2. The maximum atomic E-state index is 12.2. The molecule has 0 atom stereocenters. The monoisotopic (exact) mass is 366 g/mol. The van der Waals surface area contributed by atoms with E-state index in [0.717, 1.165) is 16.3 Å². The maximum absolute atomic E-state index is 12.2. The van der Waals surface area contributed by atoms with E-state index < -0.39 is 22.1 Å². The molecule has 1 aromatic heterocycles. The summed E-state index contributed by atoms with van der Waals surface area (Å²) >= 11 is 0. The number of nitro benzene ring substituents is 1. The van der Waals surface area contributed by atoms with Gasteiger partial charge in [-0.25, -0.2) is 14.4 Å². The van der Waals surface area contributed by atoms with E-state index in [0.29, 0.717) is 5.69 Å². The Morgan fingerprint density at radius 2 is 1.93 bits per heavy atom. The Labute approximate surface area is 152 Å². The van der Waals surface area contributed by atoms with Crippen LogP contribution in [0.3, 0.4) is 0 Å². The highest BCUT2D eigenvalue weighted by Crippen LogP contribution is 2.26. The lowest BCUT2D eigenvalue weighted by Crippen LogP contribution is -2.31. The van der Waals surface area contributed by atoms with E-state index in [2.05, 4.69) is 9.98 Å².